The third kappa shape index (κ3) is 5.51. The molecule has 2 heteroatoms. The van der Waals surface area contributed by atoms with Crippen LogP contribution in [0.4, 0.5) is 0 Å². The van der Waals surface area contributed by atoms with Crippen LogP contribution in [-0.2, 0) is 0 Å². The molecule has 0 saturated carbocycles. The molecule has 1 aromatic carbocycles. The number of benzene rings is 1. The Morgan fingerprint density at radius 1 is 0.941 bits per heavy atom. The Bertz CT molecular complexity index is 378. The predicted octanol–water partition coefficient (Wildman–Crippen LogP) is 5.29. The van der Waals surface area contributed by atoms with Gasteiger partial charge in [-0.1, -0.05) is 80.9 Å². The molecule has 0 aromatic heterocycles. The van der Waals surface area contributed by atoms with Gasteiger partial charge in [-0.05, 0) is 11.6 Å². The summed E-state index contributed by atoms with van der Waals surface area (Å²) in [5, 5.41) is 1.72. The molecule has 1 rings (SSSR count). The van der Waals surface area contributed by atoms with Crippen LogP contribution in [-0.4, -0.2) is 16.1 Å². The fourth-order valence-electron chi connectivity index (χ4n) is 1.85. The molecular weight excluding hydrogens is 236 g/mol. The maximum atomic E-state index is 2.46. The number of rotatable bonds is 4. The van der Waals surface area contributed by atoms with Crippen molar-refractivity contribution in [1.82, 2.24) is 0 Å². The number of hydrogen-bond donors (Lipinski definition) is 0. The Hall–Kier alpha value is -0.606. The van der Waals surface area contributed by atoms with E-state index in [9.17, 15) is 0 Å². The second kappa shape index (κ2) is 5.36. The van der Waals surface area contributed by atoms with Gasteiger partial charge in [-0.2, -0.15) is 0 Å². The predicted molar refractivity (Wildman–Crippen MR) is 85.9 cm³/mol. The zero-order chi connectivity index (χ0) is 13.1. The SMILES string of the molecule is C[Si](C)(C)C/C(=C\c1ccccc1)[Si](C)(C)C. The molecule has 0 N–H and O–H groups in total. The molecule has 0 amide bonds. The minimum atomic E-state index is -1.18. The van der Waals surface area contributed by atoms with Crippen molar-refractivity contribution in [3.05, 3.63) is 41.1 Å². The van der Waals surface area contributed by atoms with Crippen LogP contribution in [0.3, 0.4) is 0 Å². The van der Waals surface area contributed by atoms with E-state index in [-0.39, 0.29) is 0 Å². The van der Waals surface area contributed by atoms with E-state index in [0.717, 1.165) is 0 Å². The van der Waals surface area contributed by atoms with Gasteiger partial charge in [0.25, 0.3) is 0 Å². The molecule has 0 saturated heterocycles. The number of hydrogen-bond acceptors (Lipinski definition) is 0. The van der Waals surface area contributed by atoms with E-state index in [1.54, 1.807) is 5.20 Å². The van der Waals surface area contributed by atoms with Crippen molar-refractivity contribution in [2.24, 2.45) is 0 Å². The maximum absolute atomic E-state index is 2.46. The van der Waals surface area contributed by atoms with Gasteiger partial charge in [0.15, 0.2) is 0 Å². The highest BCUT2D eigenvalue weighted by Crippen LogP contribution is 2.27. The van der Waals surface area contributed by atoms with Crippen LogP contribution in [0.1, 0.15) is 5.56 Å². The topological polar surface area (TPSA) is 0 Å². The summed E-state index contributed by atoms with van der Waals surface area (Å²) in [5.41, 5.74) is 1.36. The zero-order valence-electron chi connectivity index (χ0n) is 12.2. The van der Waals surface area contributed by atoms with Gasteiger partial charge in [-0.15, -0.1) is 0 Å². The first-order valence-electron chi connectivity index (χ1n) is 6.45. The fourth-order valence-corrected chi connectivity index (χ4v) is 7.41. The van der Waals surface area contributed by atoms with Gasteiger partial charge in [0.1, 0.15) is 0 Å². The van der Waals surface area contributed by atoms with Gasteiger partial charge >= 0.3 is 0 Å². The lowest BCUT2D eigenvalue weighted by atomic mass is 10.2. The summed E-state index contributed by atoms with van der Waals surface area (Å²) in [7, 11) is -2.20. The van der Waals surface area contributed by atoms with Gasteiger partial charge in [-0.25, -0.2) is 0 Å². The van der Waals surface area contributed by atoms with Gasteiger partial charge in [0, 0.05) is 8.07 Å². The third-order valence-corrected chi connectivity index (χ3v) is 6.87. The first kappa shape index (κ1) is 14.5. The highest BCUT2D eigenvalue weighted by atomic mass is 28.3. The van der Waals surface area contributed by atoms with E-state index in [1.807, 2.05) is 0 Å². The van der Waals surface area contributed by atoms with Crippen LogP contribution in [0, 0.1) is 0 Å². The average molecular weight is 263 g/mol. The van der Waals surface area contributed by atoms with Crippen molar-refractivity contribution in [3.8, 4) is 0 Å². The maximum Gasteiger partial charge on any atom is 0.0720 e. The van der Waals surface area contributed by atoms with E-state index < -0.39 is 16.1 Å². The van der Waals surface area contributed by atoms with Crippen molar-refractivity contribution in [3.63, 3.8) is 0 Å². The molecule has 1 aromatic rings. The molecule has 0 fully saturated rings. The summed E-state index contributed by atoms with van der Waals surface area (Å²) in [6, 6.07) is 12.1. The lowest BCUT2D eigenvalue weighted by Gasteiger charge is -2.27. The van der Waals surface area contributed by atoms with Crippen LogP contribution in [0.2, 0.25) is 45.3 Å². The molecule has 17 heavy (non-hydrogen) atoms. The third-order valence-electron chi connectivity index (χ3n) is 2.82. The molecule has 0 nitrogen and oxygen atoms in total. The highest BCUT2D eigenvalue weighted by Gasteiger charge is 2.25. The molecule has 94 valence electrons. The van der Waals surface area contributed by atoms with Crippen molar-refractivity contribution in [1.29, 1.82) is 0 Å². The normalized spacial score (nSPS) is 13.9. The molecular formula is C15H26Si2. The zero-order valence-corrected chi connectivity index (χ0v) is 14.2. The Kier molecular flexibility index (Phi) is 4.56. The summed E-state index contributed by atoms with van der Waals surface area (Å²) >= 11 is 0. The van der Waals surface area contributed by atoms with Crippen LogP contribution >= 0.6 is 0 Å². The van der Waals surface area contributed by atoms with Crippen molar-refractivity contribution < 1.29 is 0 Å². The molecule has 0 bridgehead atoms. The lowest BCUT2D eigenvalue weighted by Crippen LogP contribution is -2.31. The Balaban J connectivity index is 3.04. The molecule has 0 aliphatic rings. The Morgan fingerprint density at radius 3 is 1.88 bits per heavy atom. The quantitative estimate of drug-likeness (QED) is 0.647. The average Bonchev–Trinajstić information content (AvgIpc) is 2.15. The first-order chi connectivity index (χ1) is 7.68. The van der Waals surface area contributed by atoms with Crippen molar-refractivity contribution in [2.45, 2.75) is 45.3 Å². The molecule has 0 aliphatic heterocycles. The summed E-state index contributed by atoms with van der Waals surface area (Å²) in [4.78, 5) is 0. The summed E-state index contributed by atoms with van der Waals surface area (Å²) in [5.74, 6) is 0. The lowest BCUT2D eigenvalue weighted by molar-refractivity contribution is 1.43. The number of allylic oxidation sites excluding steroid dienone is 1. The molecule has 0 atom stereocenters. The smallest absolute Gasteiger partial charge is 0.0720 e. The highest BCUT2D eigenvalue weighted by molar-refractivity contribution is 6.87. The van der Waals surface area contributed by atoms with Crippen molar-refractivity contribution in [2.75, 3.05) is 0 Å². The molecule has 0 radical (unpaired) electrons. The van der Waals surface area contributed by atoms with Crippen LogP contribution in [0.15, 0.2) is 35.5 Å². The molecule has 0 spiro atoms. The minimum Gasteiger partial charge on any atom is -0.0830 e. The van der Waals surface area contributed by atoms with Gasteiger partial charge < -0.3 is 0 Å². The standard InChI is InChI=1S/C15H26Si2/c1-16(2,3)13-15(17(4,5)6)12-14-10-8-7-9-11-14/h7-12H,13H2,1-6H3/b15-12+. The minimum absolute atomic E-state index is 1.02. The first-order valence-corrected chi connectivity index (χ1v) is 13.7. The van der Waals surface area contributed by atoms with E-state index >= 15 is 0 Å². The Labute approximate surface area is 109 Å². The van der Waals surface area contributed by atoms with Crippen LogP contribution in [0.5, 0.6) is 0 Å². The second-order valence-electron chi connectivity index (χ2n) is 7.07. The molecule has 0 unspecified atom stereocenters. The fraction of sp³-hybridized carbons (Fsp3) is 0.467. The van der Waals surface area contributed by atoms with Gasteiger partial charge in [0.05, 0.1) is 8.07 Å². The summed E-state index contributed by atoms with van der Waals surface area (Å²) < 4.78 is 0. The van der Waals surface area contributed by atoms with Gasteiger partial charge in [-0.3, -0.25) is 0 Å². The van der Waals surface area contributed by atoms with E-state index in [4.69, 9.17) is 0 Å². The monoisotopic (exact) mass is 262 g/mol. The summed E-state index contributed by atoms with van der Waals surface area (Å²) in [6.45, 7) is 14.8. The van der Waals surface area contributed by atoms with Crippen LogP contribution in [0.25, 0.3) is 6.08 Å². The molecule has 0 aliphatic carbocycles. The molecule has 0 heterocycles. The largest absolute Gasteiger partial charge is 0.0830 e. The van der Waals surface area contributed by atoms with Gasteiger partial charge in [0.2, 0.25) is 0 Å². The van der Waals surface area contributed by atoms with E-state index in [2.05, 4.69) is 75.7 Å². The summed E-state index contributed by atoms with van der Waals surface area (Å²) in [6.07, 6.45) is 2.45. The van der Waals surface area contributed by atoms with Crippen molar-refractivity contribution >= 4 is 22.2 Å². The Morgan fingerprint density at radius 2 is 1.47 bits per heavy atom. The van der Waals surface area contributed by atoms with Crippen LogP contribution < -0.4 is 0 Å². The second-order valence-corrected chi connectivity index (χ2v) is 17.7. The van der Waals surface area contributed by atoms with E-state index in [0.29, 0.717) is 0 Å². The van der Waals surface area contributed by atoms with E-state index in [1.165, 1.54) is 11.6 Å².